The Morgan fingerprint density at radius 3 is 2.68 bits per heavy atom. The largest absolute Gasteiger partial charge is 0.336 e. The lowest BCUT2D eigenvalue weighted by atomic mass is 9.98. The molecule has 1 saturated heterocycles. The van der Waals surface area contributed by atoms with Crippen molar-refractivity contribution in [1.29, 1.82) is 0 Å². The van der Waals surface area contributed by atoms with Crippen molar-refractivity contribution in [2.24, 2.45) is 5.73 Å². The van der Waals surface area contributed by atoms with E-state index >= 15 is 0 Å². The van der Waals surface area contributed by atoms with Crippen molar-refractivity contribution in [3.63, 3.8) is 0 Å². The van der Waals surface area contributed by atoms with Crippen molar-refractivity contribution in [3.8, 4) is 11.4 Å². The number of piperidine rings is 1. The van der Waals surface area contributed by atoms with Crippen LogP contribution in [0.5, 0.6) is 0 Å². The number of aromatic amines is 1. The summed E-state index contributed by atoms with van der Waals surface area (Å²) in [6.07, 6.45) is 1.73. The Morgan fingerprint density at radius 1 is 1.36 bits per heavy atom. The molecule has 22 heavy (non-hydrogen) atoms. The molecule has 6 heteroatoms. The summed E-state index contributed by atoms with van der Waals surface area (Å²) in [4.78, 5) is 18.8. The number of rotatable bonds is 2. The minimum absolute atomic E-state index is 0.0668. The van der Waals surface area contributed by atoms with Gasteiger partial charge in [-0.05, 0) is 38.8 Å². The molecule has 1 fully saturated rings. The minimum atomic E-state index is 0.0668. The van der Waals surface area contributed by atoms with Crippen molar-refractivity contribution in [2.45, 2.75) is 38.8 Å². The van der Waals surface area contributed by atoms with Crippen molar-refractivity contribution >= 4 is 5.91 Å². The van der Waals surface area contributed by atoms with Gasteiger partial charge in [-0.2, -0.15) is 5.10 Å². The summed E-state index contributed by atoms with van der Waals surface area (Å²) in [6.45, 7) is 4.64. The van der Waals surface area contributed by atoms with Crippen molar-refractivity contribution in [2.75, 3.05) is 6.54 Å². The highest BCUT2D eigenvalue weighted by Gasteiger charge is 2.27. The number of nitrogens with zero attached hydrogens (tertiary/aromatic N) is 3. The molecule has 1 aliphatic rings. The smallest absolute Gasteiger partial charge is 0.254 e. The van der Waals surface area contributed by atoms with Gasteiger partial charge in [-0.3, -0.25) is 9.89 Å². The number of hydrogen-bond acceptors (Lipinski definition) is 4. The lowest BCUT2D eigenvalue weighted by molar-refractivity contribution is 0.0619. The SMILES string of the molecule is Cc1nc(-c2ccc(C(=O)N3CC[C@@H](N)C[C@@H]3C)cc2)n[nH]1. The highest BCUT2D eigenvalue weighted by Crippen LogP contribution is 2.21. The van der Waals surface area contributed by atoms with Crippen LogP contribution in [0.4, 0.5) is 0 Å². The fourth-order valence-electron chi connectivity index (χ4n) is 2.91. The normalized spacial score (nSPS) is 21.9. The Bertz CT molecular complexity index is 663. The number of amides is 1. The van der Waals surface area contributed by atoms with E-state index in [9.17, 15) is 4.79 Å². The number of benzene rings is 1. The first-order chi connectivity index (χ1) is 10.5. The molecule has 1 aliphatic heterocycles. The molecule has 2 heterocycles. The van der Waals surface area contributed by atoms with E-state index in [1.807, 2.05) is 36.1 Å². The van der Waals surface area contributed by atoms with Crippen molar-refractivity contribution in [1.82, 2.24) is 20.1 Å². The number of carbonyl (C=O) groups excluding carboxylic acids is 1. The van der Waals surface area contributed by atoms with Gasteiger partial charge in [0.15, 0.2) is 5.82 Å². The number of aromatic nitrogens is 3. The van der Waals surface area contributed by atoms with Gasteiger partial charge in [0, 0.05) is 29.8 Å². The average Bonchev–Trinajstić information content (AvgIpc) is 2.93. The Hall–Kier alpha value is -2.21. The van der Waals surface area contributed by atoms with Gasteiger partial charge in [0.05, 0.1) is 0 Å². The van der Waals surface area contributed by atoms with E-state index in [2.05, 4.69) is 22.1 Å². The zero-order chi connectivity index (χ0) is 15.7. The number of hydrogen-bond donors (Lipinski definition) is 2. The van der Waals surface area contributed by atoms with Gasteiger partial charge in [-0.15, -0.1) is 0 Å². The molecular weight excluding hydrogens is 278 g/mol. The van der Waals surface area contributed by atoms with Crippen LogP contribution in [0.1, 0.15) is 35.9 Å². The zero-order valence-corrected chi connectivity index (χ0v) is 12.9. The van der Waals surface area contributed by atoms with Gasteiger partial charge in [-0.25, -0.2) is 4.98 Å². The van der Waals surface area contributed by atoms with Gasteiger partial charge >= 0.3 is 0 Å². The van der Waals surface area contributed by atoms with E-state index in [0.717, 1.165) is 30.8 Å². The van der Waals surface area contributed by atoms with Crippen LogP contribution in [0.2, 0.25) is 0 Å². The maximum atomic E-state index is 12.6. The molecule has 3 rings (SSSR count). The molecule has 116 valence electrons. The molecule has 1 aromatic carbocycles. The number of carbonyl (C=O) groups is 1. The molecule has 0 unspecified atom stereocenters. The van der Waals surface area contributed by atoms with E-state index in [0.29, 0.717) is 11.4 Å². The summed E-state index contributed by atoms with van der Waals surface area (Å²) in [5.41, 5.74) is 7.55. The summed E-state index contributed by atoms with van der Waals surface area (Å²) < 4.78 is 0. The van der Waals surface area contributed by atoms with Crippen LogP contribution in [-0.2, 0) is 0 Å². The third-order valence-corrected chi connectivity index (χ3v) is 4.16. The second-order valence-corrected chi connectivity index (χ2v) is 5.95. The van der Waals surface area contributed by atoms with Crippen molar-refractivity contribution in [3.05, 3.63) is 35.7 Å². The molecule has 1 aromatic heterocycles. The number of likely N-dealkylation sites (tertiary alicyclic amines) is 1. The van der Waals surface area contributed by atoms with Crippen LogP contribution < -0.4 is 5.73 Å². The third-order valence-electron chi connectivity index (χ3n) is 4.16. The first-order valence-corrected chi connectivity index (χ1v) is 7.60. The predicted octanol–water partition coefficient (Wildman–Crippen LogP) is 1.73. The summed E-state index contributed by atoms with van der Waals surface area (Å²) >= 11 is 0. The fourth-order valence-corrected chi connectivity index (χ4v) is 2.91. The Morgan fingerprint density at radius 2 is 2.09 bits per heavy atom. The molecule has 2 aromatic rings. The average molecular weight is 299 g/mol. The highest BCUT2D eigenvalue weighted by atomic mass is 16.2. The summed E-state index contributed by atoms with van der Waals surface area (Å²) in [7, 11) is 0. The minimum Gasteiger partial charge on any atom is -0.336 e. The summed E-state index contributed by atoms with van der Waals surface area (Å²) in [5, 5.41) is 6.94. The topological polar surface area (TPSA) is 87.9 Å². The van der Waals surface area contributed by atoms with Gasteiger partial charge in [0.1, 0.15) is 5.82 Å². The zero-order valence-electron chi connectivity index (χ0n) is 12.9. The van der Waals surface area contributed by atoms with Crippen LogP contribution in [0.15, 0.2) is 24.3 Å². The van der Waals surface area contributed by atoms with Gasteiger partial charge in [0.25, 0.3) is 5.91 Å². The van der Waals surface area contributed by atoms with E-state index in [-0.39, 0.29) is 18.0 Å². The molecule has 0 aliphatic carbocycles. The molecule has 0 saturated carbocycles. The van der Waals surface area contributed by atoms with E-state index in [4.69, 9.17) is 5.73 Å². The quantitative estimate of drug-likeness (QED) is 0.884. The number of nitrogens with one attached hydrogen (secondary N) is 1. The number of H-pyrrole nitrogens is 1. The van der Waals surface area contributed by atoms with Gasteiger partial charge in [-0.1, -0.05) is 12.1 Å². The highest BCUT2D eigenvalue weighted by molar-refractivity contribution is 5.94. The van der Waals surface area contributed by atoms with Crippen LogP contribution >= 0.6 is 0 Å². The van der Waals surface area contributed by atoms with Crippen LogP contribution in [0, 0.1) is 6.92 Å². The van der Waals surface area contributed by atoms with Crippen LogP contribution in [0.25, 0.3) is 11.4 Å². The molecular formula is C16H21N5O. The fraction of sp³-hybridized carbons (Fsp3) is 0.438. The van der Waals surface area contributed by atoms with Crippen molar-refractivity contribution < 1.29 is 4.79 Å². The van der Waals surface area contributed by atoms with E-state index in [1.165, 1.54) is 0 Å². The monoisotopic (exact) mass is 299 g/mol. The summed E-state index contributed by atoms with van der Waals surface area (Å²) in [5.74, 6) is 1.49. The molecule has 2 atom stereocenters. The number of aryl methyl sites for hydroxylation is 1. The van der Waals surface area contributed by atoms with E-state index in [1.54, 1.807) is 0 Å². The van der Waals surface area contributed by atoms with Crippen LogP contribution in [-0.4, -0.2) is 44.6 Å². The second-order valence-electron chi connectivity index (χ2n) is 5.95. The Balaban J connectivity index is 1.76. The maximum Gasteiger partial charge on any atom is 0.254 e. The van der Waals surface area contributed by atoms with Gasteiger partial charge in [0.2, 0.25) is 0 Å². The lowest BCUT2D eigenvalue weighted by Crippen LogP contribution is -2.48. The first kappa shape index (κ1) is 14.7. The lowest BCUT2D eigenvalue weighted by Gasteiger charge is -2.36. The van der Waals surface area contributed by atoms with E-state index < -0.39 is 0 Å². The molecule has 3 N–H and O–H groups in total. The maximum absolute atomic E-state index is 12.6. The van der Waals surface area contributed by atoms with Gasteiger partial charge < -0.3 is 10.6 Å². The Kier molecular flexibility index (Phi) is 3.94. The molecule has 0 spiro atoms. The van der Waals surface area contributed by atoms with Crippen LogP contribution in [0.3, 0.4) is 0 Å². The first-order valence-electron chi connectivity index (χ1n) is 7.60. The Labute approximate surface area is 129 Å². The summed E-state index contributed by atoms with van der Waals surface area (Å²) in [6, 6.07) is 7.84. The molecule has 1 amide bonds. The number of nitrogens with two attached hydrogens (primary N) is 1. The standard InChI is InChI=1S/C16H21N5O/c1-10-9-14(17)7-8-21(10)16(22)13-5-3-12(4-6-13)15-18-11(2)19-20-15/h3-6,10,14H,7-9,17H2,1-2H3,(H,18,19,20)/t10-,14+/m0/s1. The predicted molar refractivity (Wildman–Crippen MR) is 84.3 cm³/mol. The third kappa shape index (κ3) is 2.87. The molecule has 0 bridgehead atoms. The molecule has 6 nitrogen and oxygen atoms in total. The molecule has 0 radical (unpaired) electrons. The second kappa shape index (κ2) is 5.88.